The van der Waals surface area contributed by atoms with E-state index in [2.05, 4.69) is 19.8 Å². The van der Waals surface area contributed by atoms with Gasteiger partial charge < -0.3 is 5.73 Å². The molecule has 0 radical (unpaired) electrons. The average molecular weight is 396 g/mol. The second-order valence-corrected chi connectivity index (χ2v) is 7.61. The van der Waals surface area contributed by atoms with Gasteiger partial charge in [-0.2, -0.15) is 14.8 Å². The number of hydrogen-bond donors (Lipinski definition) is 2. The number of rotatable bonds is 4. The summed E-state index contributed by atoms with van der Waals surface area (Å²) in [6.07, 6.45) is 1.74. The highest BCUT2D eigenvalue weighted by Crippen LogP contribution is 2.24. The standard InChI is InChI=1S/C13H10ClN7O2S2/c1-24-11-9(6-15)10(16)21-13(17-11)18-12(19-21)20-25(22,23)8-4-2-7(14)3-5-8/h2-5H,16H2,1H3,(H,19,20). The largest absolute Gasteiger partial charge is 0.382 e. The van der Waals surface area contributed by atoms with Gasteiger partial charge in [-0.3, -0.25) is 0 Å². The maximum Gasteiger partial charge on any atom is 0.264 e. The van der Waals surface area contributed by atoms with Crippen LogP contribution in [0.25, 0.3) is 5.78 Å². The first-order valence-electron chi connectivity index (χ1n) is 6.64. The first-order valence-corrected chi connectivity index (χ1v) is 9.73. The number of nitrogens with one attached hydrogen (secondary N) is 1. The van der Waals surface area contributed by atoms with Crippen LogP contribution in [0.5, 0.6) is 0 Å². The minimum atomic E-state index is -3.91. The van der Waals surface area contributed by atoms with Crippen LogP contribution in [-0.4, -0.2) is 34.3 Å². The van der Waals surface area contributed by atoms with E-state index in [4.69, 9.17) is 17.3 Å². The normalized spacial score (nSPS) is 11.4. The first kappa shape index (κ1) is 17.3. The number of nitriles is 1. The number of halogens is 1. The van der Waals surface area contributed by atoms with Crippen molar-refractivity contribution in [2.75, 3.05) is 16.7 Å². The number of sulfonamides is 1. The van der Waals surface area contributed by atoms with Crippen LogP contribution in [0.1, 0.15) is 5.56 Å². The lowest BCUT2D eigenvalue weighted by molar-refractivity contribution is 0.601. The predicted octanol–water partition coefficient (Wildman–Crippen LogP) is 1.75. The Hall–Kier alpha value is -2.55. The van der Waals surface area contributed by atoms with Crippen molar-refractivity contribution >= 4 is 50.9 Å². The first-order chi connectivity index (χ1) is 11.9. The monoisotopic (exact) mass is 395 g/mol. The molecule has 0 bridgehead atoms. The van der Waals surface area contributed by atoms with Gasteiger partial charge in [0.15, 0.2) is 0 Å². The van der Waals surface area contributed by atoms with E-state index in [9.17, 15) is 13.7 Å². The summed E-state index contributed by atoms with van der Waals surface area (Å²) in [5, 5.41) is 13.9. The van der Waals surface area contributed by atoms with Crippen molar-refractivity contribution in [2.24, 2.45) is 0 Å². The Morgan fingerprint density at radius 2 is 2.00 bits per heavy atom. The molecule has 3 aromatic rings. The molecule has 0 atom stereocenters. The van der Waals surface area contributed by atoms with Crippen molar-refractivity contribution in [1.82, 2.24) is 19.6 Å². The van der Waals surface area contributed by atoms with Crippen LogP contribution >= 0.6 is 23.4 Å². The topological polar surface area (TPSA) is 139 Å². The number of benzene rings is 1. The summed E-state index contributed by atoms with van der Waals surface area (Å²) in [6, 6.07) is 7.57. The molecular weight excluding hydrogens is 386 g/mol. The van der Waals surface area contributed by atoms with Gasteiger partial charge in [0.25, 0.3) is 21.7 Å². The average Bonchev–Trinajstić information content (AvgIpc) is 2.97. The molecule has 0 saturated heterocycles. The molecule has 0 amide bonds. The Labute approximate surface area is 151 Å². The number of fused-ring (bicyclic) bond motifs is 1. The second kappa shape index (κ2) is 6.40. The molecule has 12 heteroatoms. The number of hydrogen-bond acceptors (Lipinski definition) is 8. The number of anilines is 2. The fourth-order valence-corrected chi connectivity index (χ4v) is 3.58. The summed E-state index contributed by atoms with van der Waals surface area (Å²) in [5.74, 6) is -0.104. The number of thioether (sulfide) groups is 1. The Balaban J connectivity index is 2.04. The molecule has 2 aromatic heterocycles. The van der Waals surface area contributed by atoms with E-state index in [1.807, 2.05) is 6.07 Å². The third kappa shape index (κ3) is 3.19. The molecule has 25 heavy (non-hydrogen) atoms. The van der Waals surface area contributed by atoms with Crippen LogP contribution in [0.15, 0.2) is 34.2 Å². The molecule has 0 aliphatic heterocycles. The lowest BCUT2D eigenvalue weighted by Gasteiger charge is -2.04. The highest BCUT2D eigenvalue weighted by molar-refractivity contribution is 7.98. The van der Waals surface area contributed by atoms with Gasteiger partial charge in [0, 0.05) is 5.02 Å². The number of nitrogen functional groups attached to an aromatic ring is 1. The fourth-order valence-electron chi connectivity index (χ4n) is 1.99. The molecule has 0 unspecified atom stereocenters. The Bertz CT molecular complexity index is 1100. The quantitative estimate of drug-likeness (QED) is 0.503. The Morgan fingerprint density at radius 3 is 2.60 bits per heavy atom. The van der Waals surface area contributed by atoms with E-state index in [-0.39, 0.29) is 28.0 Å². The fraction of sp³-hybridized carbons (Fsp3) is 0.0769. The summed E-state index contributed by atoms with van der Waals surface area (Å²) in [5.41, 5.74) is 6.05. The minimum absolute atomic E-state index is 0.000737. The summed E-state index contributed by atoms with van der Waals surface area (Å²) in [4.78, 5) is 8.16. The van der Waals surface area contributed by atoms with Gasteiger partial charge in [0.1, 0.15) is 22.5 Å². The highest BCUT2D eigenvalue weighted by atomic mass is 35.5. The summed E-state index contributed by atoms with van der Waals surface area (Å²) in [6.45, 7) is 0. The van der Waals surface area contributed by atoms with Crippen LogP contribution in [-0.2, 0) is 10.0 Å². The molecule has 0 aliphatic rings. The van der Waals surface area contributed by atoms with Crippen LogP contribution in [0.2, 0.25) is 5.02 Å². The molecule has 3 N–H and O–H groups in total. The van der Waals surface area contributed by atoms with Gasteiger partial charge in [0.05, 0.1) is 4.90 Å². The highest BCUT2D eigenvalue weighted by Gasteiger charge is 2.20. The van der Waals surface area contributed by atoms with Crippen molar-refractivity contribution in [1.29, 1.82) is 5.26 Å². The predicted molar refractivity (Wildman–Crippen MR) is 94.0 cm³/mol. The van der Waals surface area contributed by atoms with Crippen LogP contribution in [0.3, 0.4) is 0 Å². The maximum atomic E-state index is 12.4. The second-order valence-electron chi connectivity index (χ2n) is 4.70. The van der Waals surface area contributed by atoms with Crippen molar-refractivity contribution in [3.8, 4) is 6.07 Å². The molecule has 2 heterocycles. The van der Waals surface area contributed by atoms with E-state index in [0.29, 0.717) is 10.0 Å². The van der Waals surface area contributed by atoms with Crippen molar-refractivity contribution in [3.05, 3.63) is 34.9 Å². The van der Waals surface area contributed by atoms with Gasteiger partial charge in [-0.1, -0.05) is 11.6 Å². The smallest absolute Gasteiger partial charge is 0.264 e. The molecule has 128 valence electrons. The molecule has 0 saturated carbocycles. The van der Waals surface area contributed by atoms with Crippen molar-refractivity contribution < 1.29 is 8.42 Å². The lowest BCUT2D eigenvalue weighted by Crippen LogP contribution is -2.14. The van der Waals surface area contributed by atoms with E-state index in [1.165, 1.54) is 36.0 Å². The van der Waals surface area contributed by atoms with Gasteiger partial charge in [-0.15, -0.1) is 16.9 Å². The number of aromatic nitrogens is 4. The van der Waals surface area contributed by atoms with Gasteiger partial charge >= 0.3 is 0 Å². The minimum Gasteiger partial charge on any atom is -0.382 e. The Morgan fingerprint density at radius 1 is 1.32 bits per heavy atom. The van der Waals surface area contributed by atoms with Crippen LogP contribution in [0.4, 0.5) is 11.8 Å². The molecule has 3 rings (SSSR count). The van der Waals surface area contributed by atoms with Crippen LogP contribution in [0, 0.1) is 11.3 Å². The Kier molecular flexibility index (Phi) is 4.42. The number of nitrogens with zero attached hydrogens (tertiary/aromatic N) is 5. The molecule has 1 aromatic carbocycles. The molecule has 0 fully saturated rings. The van der Waals surface area contributed by atoms with E-state index in [0.717, 1.165) is 4.52 Å². The summed E-state index contributed by atoms with van der Waals surface area (Å²) >= 11 is 6.98. The lowest BCUT2D eigenvalue weighted by atomic mass is 10.3. The van der Waals surface area contributed by atoms with Crippen molar-refractivity contribution in [3.63, 3.8) is 0 Å². The zero-order chi connectivity index (χ0) is 18.2. The summed E-state index contributed by atoms with van der Waals surface area (Å²) in [7, 11) is -3.91. The third-order valence-electron chi connectivity index (χ3n) is 3.14. The van der Waals surface area contributed by atoms with Gasteiger partial charge in [-0.05, 0) is 30.5 Å². The van der Waals surface area contributed by atoms with Gasteiger partial charge in [0.2, 0.25) is 0 Å². The molecule has 0 aliphatic carbocycles. The van der Waals surface area contributed by atoms with Crippen molar-refractivity contribution in [2.45, 2.75) is 9.92 Å². The van der Waals surface area contributed by atoms with E-state index in [1.54, 1.807) is 6.26 Å². The van der Waals surface area contributed by atoms with Crippen LogP contribution < -0.4 is 10.5 Å². The maximum absolute atomic E-state index is 12.4. The van der Waals surface area contributed by atoms with E-state index >= 15 is 0 Å². The SMILES string of the molecule is CSc1nc2nc(NS(=O)(=O)c3ccc(Cl)cc3)nn2c(N)c1C#N. The summed E-state index contributed by atoms with van der Waals surface area (Å²) < 4.78 is 28.1. The zero-order valence-corrected chi connectivity index (χ0v) is 15.0. The zero-order valence-electron chi connectivity index (χ0n) is 12.6. The molecule has 0 spiro atoms. The van der Waals surface area contributed by atoms with Gasteiger partial charge in [-0.25, -0.2) is 18.1 Å². The van der Waals surface area contributed by atoms with E-state index < -0.39 is 10.0 Å². The molecule has 9 nitrogen and oxygen atoms in total. The number of nitrogens with two attached hydrogens (primary N) is 1. The third-order valence-corrected chi connectivity index (χ3v) is 5.42. The molecular formula is C13H10ClN7O2S2.